The van der Waals surface area contributed by atoms with Crippen molar-refractivity contribution in [2.45, 2.75) is 25.4 Å². The van der Waals surface area contributed by atoms with Crippen molar-refractivity contribution in [3.63, 3.8) is 0 Å². The normalized spacial score (nSPS) is 10.9. The average molecular weight is 445 g/mol. The lowest BCUT2D eigenvalue weighted by molar-refractivity contribution is -0.118. The quantitative estimate of drug-likeness (QED) is 0.322. The van der Waals surface area contributed by atoms with E-state index >= 15 is 0 Å². The van der Waals surface area contributed by atoms with E-state index in [9.17, 15) is 9.59 Å². The Labute approximate surface area is 191 Å². The lowest BCUT2D eigenvalue weighted by Gasteiger charge is -2.13. The van der Waals surface area contributed by atoms with Crippen LogP contribution in [0, 0.1) is 6.92 Å². The van der Waals surface area contributed by atoms with Gasteiger partial charge in [-0.25, -0.2) is 0 Å². The highest BCUT2D eigenvalue weighted by molar-refractivity contribution is 7.99. The van der Waals surface area contributed by atoms with Crippen molar-refractivity contribution in [3.05, 3.63) is 83.7 Å². The number of thioether (sulfide) groups is 1. The predicted molar refractivity (Wildman–Crippen MR) is 127 cm³/mol. The maximum Gasteiger partial charge on any atom is 0.216 e. The molecule has 0 bridgehead atoms. The average Bonchev–Trinajstić information content (AvgIpc) is 3.19. The first-order valence-corrected chi connectivity index (χ1v) is 11.4. The van der Waals surface area contributed by atoms with Crippen molar-refractivity contribution in [2.75, 3.05) is 12.3 Å². The van der Waals surface area contributed by atoms with Gasteiger partial charge in [-0.05, 0) is 18.4 Å². The van der Waals surface area contributed by atoms with Crippen LogP contribution in [0.2, 0.25) is 0 Å². The smallest absolute Gasteiger partial charge is 0.216 e. The third kappa shape index (κ3) is 4.89. The number of hydrogen-bond donors (Lipinski definition) is 1. The minimum absolute atomic E-state index is 0.0438. The van der Waals surface area contributed by atoms with E-state index in [1.165, 1.54) is 18.7 Å². The summed E-state index contributed by atoms with van der Waals surface area (Å²) < 4.78 is 2.00. The fourth-order valence-corrected chi connectivity index (χ4v) is 4.36. The van der Waals surface area contributed by atoms with E-state index in [1.807, 2.05) is 60.0 Å². The summed E-state index contributed by atoms with van der Waals surface area (Å²) >= 11 is 1.37. The summed E-state index contributed by atoms with van der Waals surface area (Å²) in [5.74, 6) is 0.958. The van der Waals surface area contributed by atoms with Crippen molar-refractivity contribution in [3.8, 4) is 5.69 Å². The molecule has 0 unspecified atom stereocenters. The number of hydrogen-bond acceptors (Lipinski definition) is 5. The molecule has 0 aliphatic heterocycles. The number of carbonyl (C=O) groups is 2. The van der Waals surface area contributed by atoms with Gasteiger partial charge in [0.2, 0.25) is 5.91 Å². The Hall–Kier alpha value is -3.45. The molecule has 0 spiro atoms. The maximum atomic E-state index is 12.7. The zero-order chi connectivity index (χ0) is 22.5. The van der Waals surface area contributed by atoms with Crippen LogP contribution in [-0.4, -0.2) is 38.8 Å². The number of nitrogens with one attached hydrogen (secondary N) is 1. The van der Waals surface area contributed by atoms with Crippen LogP contribution in [0.3, 0.4) is 0 Å². The fraction of sp³-hybridized carbons (Fsp3) is 0.200. The highest BCUT2D eigenvalue weighted by Gasteiger charge is 2.18. The summed E-state index contributed by atoms with van der Waals surface area (Å²) in [5, 5.41) is 14.4. The van der Waals surface area contributed by atoms with Crippen LogP contribution in [0.5, 0.6) is 0 Å². The van der Waals surface area contributed by atoms with Gasteiger partial charge in [-0.1, -0.05) is 78.0 Å². The number of fused-ring (bicyclic) bond motifs is 1. The van der Waals surface area contributed by atoms with Gasteiger partial charge in [-0.3, -0.25) is 14.2 Å². The van der Waals surface area contributed by atoms with Crippen LogP contribution in [0.4, 0.5) is 0 Å². The summed E-state index contributed by atoms with van der Waals surface area (Å²) in [4.78, 5) is 24.0. The predicted octanol–water partition coefficient (Wildman–Crippen LogP) is 4.38. The molecule has 4 aromatic rings. The topological polar surface area (TPSA) is 76.9 Å². The lowest BCUT2D eigenvalue weighted by atomic mass is 10.1. The van der Waals surface area contributed by atoms with E-state index in [0.717, 1.165) is 27.8 Å². The number of carbonyl (C=O) groups excluding carboxylic acids is 2. The summed E-state index contributed by atoms with van der Waals surface area (Å²) in [5.41, 5.74) is 2.76. The minimum Gasteiger partial charge on any atom is -0.356 e. The van der Waals surface area contributed by atoms with Gasteiger partial charge in [0.05, 0.1) is 11.4 Å². The number of amides is 1. The SMILES string of the molecule is CC(=O)NCCc1nnc(SCC(=O)c2ccc(C)cc2)n1-c1cccc2ccccc12. The van der Waals surface area contributed by atoms with Crippen molar-refractivity contribution < 1.29 is 9.59 Å². The molecule has 4 rings (SSSR count). The van der Waals surface area contributed by atoms with Gasteiger partial charge >= 0.3 is 0 Å². The molecular weight excluding hydrogens is 420 g/mol. The number of aromatic nitrogens is 3. The van der Waals surface area contributed by atoms with Crippen molar-refractivity contribution >= 4 is 34.2 Å². The maximum absolute atomic E-state index is 12.7. The summed E-state index contributed by atoms with van der Waals surface area (Å²) in [6.07, 6.45) is 0.530. The monoisotopic (exact) mass is 444 g/mol. The third-order valence-corrected chi connectivity index (χ3v) is 6.07. The Morgan fingerprint density at radius 2 is 1.72 bits per heavy atom. The van der Waals surface area contributed by atoms with E-state index in [1.54, 1.807) is 0 Å². The molecule has 1 amide bonds. The number of benzene rings is 3. The number of ketones is 1. The van der Waals surface area contributed by atoms with Crippen LogP contribution in [0.1, 0.15) is 28.7 Å². The Kier molecular flexibility index (Phi) is 6.66. The molecule has 1 N–H and O–H groups in total. The molecule has 0 radical (unpaired) electrons. The van der Waals surface area contributed by atoms with Gasteiger partial charge in [0.15, 0.2) is 10.9 Å². The first-order chi connectivity index (χ1) is 15.5. The van der Waals surface area contributed by atoms with E-state index in [2.05, 4.69) is 33.7 Å². The molecule has 0 aliphatic rings. The van der Waals surface area contributed by atoms with E-state index in [0.29, 0.717) is 23.7 Å². The standard InChI is InChI=1S/C25H24N4O2S/c1-17-10-12-20(13-11-17)23(31)16-32-25-28-27-24(14-15-26-18(2)30)29(25)22-9-5-7-19-6-3-4-8-21(19)22/h3-13H,14-16H2,1-2H3,(H,26,30). The van der Waals surface area contributed by atoms with E-state index < -0.39 is 0 Å². The zero-order valence-electron chi connectivity index (χ0n) is 18.0. The highest BCUT2D eigenvalue weighted by atomic mass is 32.2. The van der Waals surface area contributed by atoms with E-state index in [-0.39, 0.29) is 17.4 Å². The largest absolute Gasteiger partial charge is 0.356 e. The molecule has 0 fully saturated rings. The molecule has 0 atom stereocenters. The second-order valence-corrected chi connectivity index (χ2v) is 8.49. The third-order valence-electron chi connectivity index (χ3n) is 5.14. The van der Waals surface area contributed by atoms with Gasteiger partial charge < -0.3 is 5.32 Å². The molecule has 0 saturated carbocycles. The second-order valence-electron chi connectivity index (χ2n) is 7.54. The molecule has 0 saturated heterocycles. The molecular formula is C25H24N4O2S. The molecule has 32 heavy (non-hydrogen) atoms. The molecule has 1 heterocycles. The highest BCUT2D eigenvalue weighted by Crippen LogP contribution is 2.28. The van der Waals surface area contributed by atoms with Crippen LogP contribution in [0.15, 0.2) is 71.9 Å². The lowest BCUT2D eigenvalue weighted by Crippen LogP contribution is -2.23. The van der Waals surface area contributed by atoms with Gasteiger partial charge in [0, 0.05) is 30.8 Å². The second kappa shape index (κ2) is 9.78. The molecule has 6 nitrogen and oxygen atoms in total. The van der Waals surface area contributed by atoms with Gasteiger partial charge in [0.1, 0.15) is 5.82 Å². The van der Waals surface area contributed by atoms with Gasteiger partial charge in [-0.2, -0.15) is 0 Å². The van der Waals surface area contributed by atoms with E-state index in [4.69, 9.17) is 0 Å². The van der Waals surface area contributed by atoms with Crippen LogP contribution >= 0.6 is 11.8 Å². The Balaban J connectivity index is 1.66. The molecule has 0 aliphatic carbocycles. The Morgan fingerprint density at radius 3 is 2.50 bits per heavy atom. The van der Waals surface area contributed by atoms with Crippen molar-refractivity contribution in [1.29, 1.82) is 0 Å². The van der Waals surface area contributed by atoms with Gasteiger partial charge in [0.25, 0.3) is 0 Å². The first kappa shape index (κ1) is 21.8. The number of aryl methyl sites for hydroxylation is 1. The summed E-state index contributed by atoms with van der Waals surface area (Å²) in [6, 6.07) is 21.8. The first-order valence-electron chi connectivity index (χ1n) is 10.4. The molecule has 162 valence electrons. The van der Waals surface area contributed by atoms with Crippen molar-refractivity contribution in [2.24, 2.45) is 0 Å². The van der Waals surface area contributed by atoms with Crippen LogP contribution in [-0.2, 0) is 11.2 Å². The number of Topliss-reactive ketones (excluding diaryl/α,β-unsaturated/α-hetero) is 1. The zero-order valence-corrected chi connectivity index (χ0v) is 18.9. The molecule has 1 aromatic heterocycles. The number of nitrogens with zero attached hydrogens (tertiary/aromatic N) is 3. The van der Waals surface area contributed by atoms with Gasteiger partial charge in [-0.15, -0.1) is 10.2 Å². The molecule has 3 aromatic carbocycles. The summed E-state index contributed by atoms with van der Waals surface area (Å²) in [7, 11) is 0. The van der Waals surface area contributed by atoms with Crippen LogP contribution < -0.4 is 5.32 Å². The fourth-order valence-electron chi connectivity index (χ4n) is 3.50. The number of rotatable bonds is 8. The Morgan fingerprint density at radius 1 is 0.969 bits per heavy atom. The Bertz CT molecular complexity index is 1260. The molecule has 7 heteroatoms. The van der Waals surface area contributed by atoms with Crippen molar-refractivity contribution in [1.82, 2.24) is 20.1 Å². The van der Waals surface area contributed by atoms with Crippen LogP contribution in [0.25, 0.3) is 16.5 Å². The summed E-state index contributed by atoms with van der Waals surface area (Å²) in [6.45, 7) is 3.96. The minimum atomic E-state index is -0.0838.